The third-order valence-electron chi connectivity index (χ3n) is 3.80. The van der Waals surface area contributed by atoms with Gasteiger partial charge in [0, 0.05) is 37.9 Å². The molecule has 0 aliphatic carbocycles. The average Bonchev–Trinajstić information content (AvgIpc) is 2.63. The van der Waals surface area contributed by atoms with Gasteiger partial charge in [-0.3, -0.25) is 4.90 Å². The third-order valence-corrected chi connectivity index (χ3v) is 4.01. The summed E-state index contributed by atoms with van der Waals surface area (Å²) in [6.07, 6.45) is 5.76. The van der Waals surface area contributed by atoms with Crippen molar-refractivity contribution < 1.29 is 0 Å². The van der Waals surface area contributed by atoms with Gasteiger partial charge >= 0.3 is 0 Å². The molecule has 3 heterocycles. The van der Waals surface area contributed by atoms with Gasteiger partial charge in [-0.25, -0.2) is 4.98 Å². The molecule has 2 atom stereocenters. The predicted octanol–water partition coefficient (Wildman–Crippen LogP) is 2.06. The smallest absolute Gasteiger partial charge is 0.129 e. The zero-order valence-corrected chi connectivity index (χ0v) is 10.7. The van der Waals surface area contributed by atoms with Crippen molar-refractivity contribution in [1.29, 1.82) is 0 Å². The number of hydrogen-bond donors (Lipinski definition) is 1. The van der Waals surface area contributed by atoms with Crippen LogP contribution in [-0.4, -0.2) is 35.1 Å². The minimum absolute atomic E-state index is 0.594. The van der Waals surface area contributed by atoms with Gasteiger partial charge in [-0.05, 0) is 37.0 Å². The van der Waals surface area contributed by atoms with Crippen LogP contribution in [0.1, 0.15) is 24.8 Å². The van der Waals surface area contributed by atoms with Gasteiger partial charge in [0.1, 0.15) is 5.15 Å². The highest BCUT2D eigenvalue weighted by atomic mass is 35.5. The molecule has 2 aliphatic heterocycles. The van der Waals surface area contributed by atoms with Crippen LogP contribution in [0.25, 0.3) is 0 Å². The number of likely N-dealkylation sites (tertiary alicyclic amines) is 1. The molecule has 0 spiro atoms. The summed E-state index contributed by atoms with van der Waals surface area (Å²) in [5.74, 6) is 0. The Labute approximate surface area is 107 Å². The molecule has 0 radical (unpaired) electrons. The van der Waals surface area contributed by atoms with Crippen LogP contribution in [0.15, 0.2) is 18.3 Å². The number of pyridine rings is 1. The summed E-state index contributed by atoms with van der Waals surface area (Å²) in [5.41, 5.74) is 1.27. The molecule has 2 saturated heterocycles. The Hall–Kier alpha value is -0.640. The number of nitrogens with one attached hydrogen (secondary N) is 1. The summed E-state index contributed by atoms with van der Waals surface area (Å²) in [6, 6.07) is 5.48. The largest absolute Gasteiger partial charge is 0.310 e. The molecule has 1 N–H and O–H groups in total. The number of rotatable bonds is 2. The first kappa shape index (κ1) is 11.5. The first-order chi connectivity index (χ1) is 8.29. The SMILES string of the molecule is Clc1cc(CN2CCC3CCC(C2)N3)ccn1. The molecule has 0 saturated carbocycles. The molecular formula is C13H18ClN3. The van der Waals surface area contributed by atoms with Crippen LogP contribution >= 0.6 is 11.6 Å². The summed E-state index contributed by atoms with van der Waals surface area (Å²) in [4.78, 5) is 6.55. The second-order valence-corrected chi connectivity index (χ2v) is 5.54. The molecule has 0 amide bonds. The van der Waals surface area contributed by atoms with Crippen molar-refractivity contribution in [2.45, 2.75) is 37.9 Å². The van der Waals surface area contributed by atoms with Crippen LogP contribution in [0, 0.1) is 0 Å². The minimum atomic E-state index is 0.594. The molecule has 2 aliphatic rings. The van der Waals surface area contributed by atoms with Gasteiger partial charge in [-0.1, -0.05) is 11.6 Å². The molecule has 0 aromatic carbocycles. The molecule has 1 aromatic rings. The van der Waals surface area contributed by atoms with Gasteiger partial charge in [0.15, 0.2) is 0 Å². The van der Waals surface area contributed by atoms with Crippen molar-refractivity contribution in [1.82, 2.24) is 15.2 Å². The minimum Gasteiger partial charge on any atom is -0.310 e. The zero-order chi connectivity index (χ0) is 11.7. The van der Waals surface area contributed by atoms with Crippen LogP contribution in [0.5, 0.6) is 0 Å². The fourth-order valence-electron chi connectivity index (χ4n) is 2.96. The van der Waals surface area contributed by atoms with Crippen molar-refractivity contribution >= 4 is 11.6 Å². The molecule has 17 heavy (non-hydrogen) atoms. The number of nitrogens with zero attached hydrogens (tertiary/aromatic N) is 2. The van der Waals surface area contributed by atoms with Gasteiger partial charge in [-0.2, -0.15) is 0 Å². The molecule has 3 rings (SSSR count). The number of fused-ring (bicyclic) bond motifs is 2. The van der Waals surface area contributed by atoms with Crippen molar-refractivity contribution in [2.75, 3.05) is 13.1 Å². The van der Waals surface area contributed by atoms with Gasteiger partial charge in [0.2, 0.25) is 0 Å². The van der Waals surface area contributed by atoms with Crippen molar-refractivity contribution in [2.24, 2.45) is 0 Å². The van der Waals surface area contributed by atoms with Crippen molar-refractivity contribution in [3.05, 3.63) is 29.0 Å². The highest BCUT2D eigenvalue weighted by Gasteiger charge is 2.28. The van der Waals surface area contributed by atoms with Gasteiger partial charge in [0.05, 0.1) is 0 Å². The van der Waals surface area contributed by atoms with Crippen LogP contribution in [0.3, 0.4) is 0 Å². The molecular weight excluding hydrogens is 234 g/mol. The molecule has 92 valence electrons. The van der Waals surface area contributed by atoms with E-state index in [1.165, 1.54) is 31.4 Å². The Morgan fingerprint density at radius 1 is 1.35 bits per heavy atom. The fraction of sp³-hybridized carbons (Fsp3) is 0.615. The summed E-state index contributed by atoms with van der Waals surface area (Å²) in [6.45, 7) is 3.34. The summed E-state index contributed by atoms with van der Waals surface area (Å²) >= 11 is 5.92. The Morgan fingerprint density at radius 2 is 2.24 bits per heavy atom. The Balaban J connectivity index is 1.65. The summed E-state index contributed by atoms with van der Waals surface area (Å²) in [5, 5.41) is 4.29. The molecule has 4 heteroatoms. The van der Waals surface area contributed by atoms with Crippen molar-refractivity contribution in [3.8, 4) is 0 Å². The standard InChI is InChI=1S/C13H18ClN3/c14-13-7-10(3-5-15-13)8-17-6-4-11-1-2-12(9-17)16-11/h3,5,7,11-12,16H,1-2,4,6,8-9H2. The molecule has 2 bridgehead atoms. The Bertz CT molecular complexity index is 396. The molecule has 2 unspecified atom stereocenters. The van der Waals surface area contributed by atoms with Crippen LogP contribution in [0.4, 0.5) is 0 Å². The molecule has 2 fully saturated rings. The van der Waals surface area contributed by atoms with E-state index < -0.39 is 0 Å². The third kappa shape index (κ3) is 2.79. The van der Waals surface area contributed by atoms with Gasteiger partial charge in [0.25, 0.3) is 0 Å². The van der Waals surface area contributed by atoms with Crippen LogP contribution < -0.4 is 5.32 Å². The lowest BCUT2D eigenvalue weighted by Crippen LogP contribution is -2.34. The molecule has 1 aromatic heterocycles. The fourth-order valence-corrected chi connectivity index (χ4v) is 3.15. The van der Waals surface area contributed by atoms with E-state index in [0.717, 1.165) is 19.1 Å². The first-order valence-corrected chi connectivity index (χ1v) is 6.76. The maximum atomic E-state index is 5.92. The van der Waals surface area contributed by atoms with E-state index in [1.54, 1.807) is 6.20 Å². The lowest BCUT2D eigenvalue weighted by Gasteiger charge is -2.23. The second-order valence-electron chi connectivity index (χ2n) is 5.15. The maximum Gasteiger partial charge on any atom is 0.129 e. The highest BCUT2D eigenvalue weighted by Crippen LogP contribution is 2.21. The lowest BCUT2D eigenvalue weighted by molar-refractivity contribution is 0.251. The van der Waals surface area contributed by atoms with Gasteiger partial charge in [-0.15, -0.1) is 0 Å². The molecule has 3 nitrogen and oxygen atoms in total. The zero-order valence-electron chi connectivity index (χ0n) is 9.90. The van der Waals surface area contributed by atoms with E-state index in [1.807, 2.05) is 6.07 Å². The Morgan fingerprint density at radius 3 is 3.12 bits per heavy atom. The van der Waals surface area contributed by atoms with E-state index in [-0.39, 0.29) is 0 Å². The maximum absolute atomic E-state index is 5.92. The second kappa shape index (κ2) is 4.92. The summed E-state index contributed by atoms with van der Waals surface area (Å²) < 4.78 is 0. The topological polar surface area (TPSA) is 28.2 Å². The highest BCUT2D eigenvalue weighted by molar-refractivity contribution is 6.29. The van der Waals surface area contributed by atoms with Crippen LogP contribution in [-0.2, 0) is 6.54 Å². The van der Waals surface area contributed by atoms with Gasteiger partial charge < -0.3 is 5.32 Å². The van der Waals surface area contributed by atoms with E-state index in [0.29, 0.717) is 11.2 Å². The number of aromatic nitrogens is 1. The van der Waals surface area contributed by atoms with E-state index >= 15 is 0 Å². The van der Waals surface area contributed by atoms with E-state index in [9.17, 15) is 0 Å². The quantitative estimate of drug-likeness (QED) is 0.816. The van der Waals surface area contributed by atoms with E-state index in [2.05, 4.69) is 21.3 Å². The van der Waals surface area contributed by atoms with E-state index in [4.69, 9.17) is 11.6 Å². The van der Waals surface area contributed by atoms with Crippen LogP contribution in [0.2, 0.25) is 5.15 Å². The predicted molar refractivity (Wildman–Crippen MR) is 69.1 cm³/mol. The monoisotopic (exact) mass is 251 g/mol. The summed E-state index contributed by atoms with van der Waals surface area (Å²) in [7, 11) is 0. The lowest BCUT2D eigenvalue weighted by atomic mass is 10.1. The normalized spacial score (nSPS) is 29.2. The Kier molecular flexibility index (Phi) is 3.32. The average molecular weight is 252 g/mol. The van der Waals surface area contributed by atoms with Crippen molar-refractivity contribution in [3.63, 3.8) is 0 Å². The first-order valence-electron chi connectivity index (χ1n) is 6.38. The number of halogens is 1. The number of hydrogen-bond acceptors (Lipinski definition) is 3.